The third-order valence-electron chi connectivity index (χ3n) is 8.93. The van der Waals surface area contributed by atoms with Crippen LogP contribution in [0.15, 0.2) is 66.9 Å². The number of carbonyl (C=O) groups excluding carboxylic acids is 2. The summed E-state index contributed by atoms with van der Waals surface area (Å²) in [6.07, 6.45) is 6.38. The van der Waals surface area contributed by atoms with Crippen LogP contribution in [-0.4, -0.2) is 82.9 Å². The van der Waals surface area contributed by atoms with Gasteiger partial charge in [-0.1, -0.05) is 23.7 Å². The van der Waals surface area contributed by atoms with Crippen LogP contribution >= 0.6 is 11.6 Å². The van der Waals surface area contributed by atoms with Gasteiger partial charge in [0.05, 0.1) is 11.1 Å². The number of aldehydes is 1. The van der Waals surface area contributed by atoms with Crippen LogP contribution in [0.25, 0.3) is 5.65 Å². The van der Waals surface area contributed by atoms with Gasteiger partial charge in [-0.05, 0) is 99.9 Å². The Balaban J connectivity index is 1.13. The molecule has 0 unspecified atom stereocenters. The van der Waals surface area contributed by atoms with Gasteiger partial charge >= 0.3 is 0 Å². The number of fused-ring (bicyclic) bond motifs is 1. The summed E-state index contributed by atoms with van der Waals surface area (Å²) in [6, 6.07) is 19.4. The van der Waals surface area contributed by atoms with E-state index < -0.39 is 5.41 Å². The molecule has 1 amide bonds. The van der Waals surface area contributed by atoms with E-state index in [2.05, 4.69) is 27.3 Å². The number of piperidine rings is 2. The maximum absolute atomic E-state index is 13.1. The zero-order valence-corrected chi connectivity index (χ0v) is 24.8. The maximum Gasteiger partial charge on any atom is 0.253 e. The Hall–Kier alpha value is -3.95. The number of benzene rings is 2. The molecule has 10 heteroatoms. The van der Waals surface area contributed by atoms with Crippen LogP contribution in [0.4, 0.5) is 17.3 Å². The molecule has 0 spiro atoms. The van der Waals surface area contributed by atoms with Crippen molar-refractivity contribution in [3.8, 4) is 0 Å². The number of carbonyl (C=O) groups is 2. The zero-order chi connectivity index (χ0) is 29.3. The van der Waals surface area contributed by atoms with Crippen LogP contribution in [0.1, 0.15) is 41.6 Å². The van der Waals surface area contributed by atoms with Crippen molar-refractivity contribution in [3.63, 3.8) is 0 Å². The van der Waals surface area contributed by atoms with Gasteiger partial charge in [-0.3, -0.25) is 4.79 Å². The fourth-order valence-electron chi connectivity index (χ4n) is 6.17. The lowest BCUT2D eigenvalue weighted by Crippen LogP contribution is -2.44. The minimum Gasteiger partial charge on any atom is -0.368 e. The van der Waals surface area contributed by atoms with Gasteiger partial charge in [-0.15, -0.1) is 5.10 Å². The SMILES string of the molecule is CN1CCC(N(C)C(=O)c2ccc(Nc3nc4c(N5CCC(C=O)(c6ccc(Cl)cc6)CC5)cccn4n3)cc2)CC1. The number of nitrogens with zero attached hydrogens (tertiary/aromatic N) is 6. The molecule has 9 nitrogen and oxygen atoms in total. The third-order valence-corrected chi connectivity index (χ3v) is 9.18. The molecular formula is C32H36ClN7O2. The van der Waals surface area contributed by atoms with Crippen molar-refractivity contribution in [3.05, 3.63) is 83.0 Å². The van der Waals surface area contributed by atoms with Crippen molar-refractivity contribution in [1.82, 2.24) is 24.4 Å². The summed E-state index contributed by atoms with van der Waals surface area (Å²) >= 11 is 6.08. The fraction of sp³-hybridized carbons (Fsp3) is 0.375. The first kappa shape index (κ1) is 28.2. The molecule has 2 aromatic carbocycles. The van der Waals surface area contributed by atoms with Crippen LogP contribution in [0.2, 0.25) is 5.02 Å². The molecule has 0 bridgehead atoms. The lowest BCUT2D eigenvalue weighted by Gasteiger charge is -2.39. The molecule has 4 heterocycles. The molecule has 2 aliphatic heterocycles. The number of pyridine rings is 1. The lowest BCUT2D eigenvalue weighted by molar-refractivity contribution is -0.113. The first-order valence-corrected chi connectivity index (χ1v) is 14.9. The van der Waals surface area contributed by atoms with Gasteiger partial charge in [0, 0.05) is 48.6 Å². The highest BCUT2D eigenvalue weighted by molar-refractivity contribution is 6.30. The Labute approximate surface area is 251 Å². The summed E-state index contributed by atoms with van der Waals surface area (Å²) in [7, 11) is 4.03. The van der Waals surface area contributed by atoms with E-state index in [1.54, 1.807) is 4.52 Å². The molecule has 1 N–H and O–H groups in total. The second-order valence-corrected chi connectivity index (χ2v) is 12.0. The molecule has 6 rings (SSSR count). The van der Waals surface area contributed by atoms with Gasteiger partial charge in [-0.25, -0.2) is 4.52 Å². The smallest absolute Gasteiger partial charge is 0.253 e. The van der Waals surface area contributed by atoms with Gasteiger partial charge < -0.3 is 24.8 Å². The molecule has 0 radical (unpaired) electrons. The zero-order valence-electron chi connectivity index (χ0n) is 24.0. The summed E-state index contributed by atoms with van der Waals surface area (Å²) < 4.78 is 1.77. The Kier molecular flexibility index (Phi) is 7.88. The normalized spacial score (nSPS) is 17.7. The molecule has 2 aliphatic rings. The van der Waals surface area contributed by atoms with Gasteiger partial charge in [0.15, 0.2) is 5.65 Å². The Morgan fingerprint density at radius 1 is 1.02 bits per heavy atom. The largest absolute Gasteiger partial charge is 0.368 e. The van der Waals surface area contributed by atoms with Gasteiger partial charge in [0.2, 0.25) is 5.95 Å². The average Bonchev–Trinajstić information content (AvgIpc) is 3.44. The minimum absolute atomic E-state index is 0.0443. The monoisotopic (exact) mass is 585 g/mol. The number of aromatic nitrogens is 3. The van der Waals surface area contributed by atoms with Crippen molar-refractivity contribution in [2.24, 2.45) is 0 Å². The maximum atomic E-state index is 13.1. The number of likely N-dealkylation sites (tertiary alicyclic amines) is 1. The predicted octanol–water partition coefficient (Wildman–Crippen LogP) is 5.03. The van der Waals surface area contributed by atoms with Gasteiger partial charge in [0.1, 0.15) is 6.29 Å². The van der Waals surface area contributed by atoms with Crippen LogP contribution in [0.3, 0.4) is 0 Å². The Bertz CT molecular complexity index is 1550. The van der Waals surface area contributed by atoms with Crippen molar-refractivity contribution in [2.75, 3.05) is 50.5 Å². The highest BCUT2D eigenvalue weighted by Crippen LogP contribution is 2.36. The molecule has 0 saturated carbocycles. The molecule has 2 fully saturated rings. The Morgan fingerprint density at radius 2 is 1.71 bits per heavy atom. The summed E-state index contributed by atoms with van der Waals surface area (Å²) in [4.78, 5) is 36.6. The second-order valence-electron chi connectivity index (χ2n) is 11.5. The van der Waals surface area contributed by atoms with Crippen LogP contribution in [0, 0.1) is 0 Å². The lowest BCUT2D eigenvalue weighted by atomic mass is 9.74. The predicted molar refractivity (Wildman–Crippen MR) is 166 cm³/mol. The molecular weight excluding hydrogens is 550 g/mol. The quantitative estimate of drug-likeness (QED) is 0.304. The van der Waals surface area contributed by atoms with E-state index in [4.69, 9.17) is 16.6 Å². The Morgan fingerprint density at radius 3 is 2.38 bits per heavy atom. The van der Waals surface area contributed by atoms with E-state index in [0.717, 1.165) is 67.9 Å². The van der Waals surface area contributed by atoms with E-state index in [1.165, 1.54) is 0 Å². The minimum atomic E-state index is -0.512. The molecule has 42 heavy (non-hydrogen) atoms. The van der Waals surface area contributed by atoms with Crippen molar-refractivity contribution in [1.29, 1.82) is 0 Å². The van der Waals surface area contributed by atoms with E-state index >= 15 is 0 Å². The number of amides is 1. The molecule has 0 atom stereocenters. The van der Waals surface area contributed by atoms with E-state index in [9.17, 15) is 9.59 Å². The van der Waals surface area contributed by atoms with Crippen LogP contribution in [-0.2, 0) is 10.2 Å². The van der Waals surface area contributed by atoms with Gasteiger partial charge in [-0.2, -0.15) is 4.98 Å². The number of nitrogens with one attached hydrogen (secondary N) is 1. The first-order valence-electron chi connectivity index (χ1n) is 14.5. The number of rotatable bonds is 7. The number of hydrogen-bond acceptors (Lipinski definition) is 7. The first-order chi connectivity index (χ1) is 20.3. The van der Waals surface area contributed by atoms with Gasteiger partial charge in [0.25, 0.3) is 5.91 Å². The number of hydrogen-bond donors (Lipinski definition) is 1. The number of halogens is 1. The highest BCUT2D eigenvalue weighted by Gasteiger charge is 2.36. The highest BCUT2D eigenvalue weighted by atomic mass is 35.5. The summed E-state index contributed by atoms with van der Waals surface area (Å²) in [6.45, 7) is 3.47. The number of anilines is 3. The molecule has 2 saturated heterocycles. The van der Waals surface area contributed by atoms with Crippen molar-refractivity contribution in [2.45, 2.75) is 37.1 Å². The van der Waals surface area contributed by atoms with E-state index in [0.29, 0.717) is 29.4 Å². The average molecular weight is 586 g/mol. The van der Waals surface area contributed by atoms with Crippen molar-refractivity contribution >= 4 is 46.8 Å². The molecule has 2 aromatic heterocycles. The van der Waals surface area contributed by atoms with Crippen molar-refractivity contribution < 1.29 is 9.59 Å². The third kappa shape index (κ3) is 5.58. The summed E-state index contributed by atoms with van der Waals surface area (Å²) in [5, 5.41) is 8.59. The summed E-state index contributed by atoms with van der Waals surface area (Å²) in [5.74, 6) is 0.521. The topological polar surface area (TPSA) is 86.1 Å². The van der Waals surface area contributed by atoms with E-state index in [-0.39, 0.29) is 11.9 Å². The fourth-order valence-corrected chi connectivity index (χ4v) is 6.30. The standard InChI is InChI=1S/C32H36ClN7O2/c1-37-18-13-27(14-19-37)38(2)30(42)23-5-11-26(12-6-23)34-31-35-29-28(4-3-17-40(29)36-31)39-20-15-32(22-41,16-21-39)24-7-9-25(33)10-8-24/h3-12,17,22,27H,13-16,18-21H2,1-2H3,(H,34,36). The molecule has 4 aromatic rings. The van der Waals surface area contributed by atoms with Crippen LogP contribution < -0.4 is 10.2 Å². The van der Waals surface area contributed by atoms with E-state index in [1.807, 2.05) is 78.8 Å². The second kappa shape index (κ2) is 11.7. The molecule has 218 valence electrons. The van der Waals surface area contributed by atoms with Crippen LogP contribution in [0.5, 0.6) is 0 Å². The summed E-state index contributed by atoms with van der Waals surface area (Å²) in [5.41, 5.74) is 3.70. The molecule has 0 aliphatic carbocycles.